The van der Waals surface area contributed by atoms with Gasteiger partial charge in [-0.05, 0) is 38.1 Å². The van der Waals surface area contributed by atoms with Crippen LogP contribution in [0.1, 0.15) is 26.9 Å². The lowest BCUT2D eigenvalue weighted by atomic mass is 10.3. The van der Waals surface area contributed by atoms with E-state index in [-0.39, 0.29) is 5.91 Å². The summed E-state index contributed by atoms with van der Waals surface area (Å²) in [6.07, 6.45) is 1.72. The highest BCUT2D eigenvalue weighted by Crippen LogP contribution is 2.27. The van der Waals surface area contributed by atoms with Crippen molar-refractivity contribution in [2.45, 2.75) is 20.4 Å². The molecule has 0 atom stereocenters. The fourth-order valence-electron chi connectivity index (χ4n) is 2.24. The third kappa shape index (κ3) is 3.32. The van der Waals surface area contributed by atoms with E-state index in [2.05, 4.69) is 9.97 Å². The zero-order chi connectivity index (χ0) is 16.4. The van der Waals surface area contributed by atoms with E-state index >= 15 is 0 Å². The molecule has 0 aromatic carbocycles. The second-order valence-electron chi connectivity index (χ2n) is 5.32. The molecule has 0 aliphatic heterocycles. The van der Waals surface area contributed by atoms with Crippen molar-refractivity contribution >= 4 is 17.2 Å². The smallest absolute Gasteiger partial charge is 0.266 e. The van der Waals surface area contributed by atoms with E-state index in [9.17, 15) is 4.79 Å². The van der Waals surface area contributed by atoms with Gasteiger partial charge in [-0.15, -0.1) is 11.3 Å². The van der Waals surface area contributed by atoms with E-state index in [1.54, 1.807) is 18.1 Å². The Morgan fingerprint density at radius 3 is 2.74 bits per heavy atom. The molecule has 0 fully saturated rings. The zero-order valence-corrected chi connectivity index (χ0v) is 14.1. The Hall–Kier alpha value is -2.47. The lowest BCUT2D eigenvalue weighted by Gasteiger charge is -2.14. The molecule has 0 radical (unpaired) electrons. The number of aromatic nitrogens is 2. The summed E-state index contributed by atoms with van der Waals surface area (Å²) in [6.45, 7) is 4.17. The Kier molecular flexibility index (Phi) is 4.25. The number of thiazole rings is 1. The van der Waals surface area contributed by atoms with Crippen LogP contribution in [-0.4, -0.2) is 27.8 Å². The minimum Gasteiger partial charge on any atom is -0.464 e. The molecular formula is C17H17N3O2S. The predicted molar refractivity (Wildman–Crippen MR) is 89.3 cm³/mol. The molecule has 0 N–H and O–H groups in total. The molecule has 6 heteroatoms. The number of rotatable bonds is 4. The molecule has 3 aromatic heterocycles. The van der Waals surface area contributed by atoms with Crippen LogP contribution in [0.2, 0.25) is 0 Å². The number of aryl methyl sites for hydroxylation is 2. The minimum absolute atomic E-state index is 0.0590. The third-order valence-electron chi connectivity index (χ3n) is 3.41. The van der Waals surface area contributed by atoms with Gasteiger partial charge in [0.05, 0.1) is 17.9 Å². The molecule has 0 bridgehead atoms. The first-order chi connectivity index (χ1) is 11.0. The Labute approximate surface area is 138 Å². The maximum atomic E-state index is 12.7. The summed E-state index contributed by atoms with van der Waals surface area (Å²) in [5.74, 6) is 1.55. The van der Waals surface area contributed by atoms with Crippen molar-refractivity contribution in [1.82, 2.24) is 14.9 Å². The van der Waals surface area contributed by atoms with E-state index in [4.69, 9.17) is 4.42 Å². The monoisotopic (exact) mass is 327 g/mol. The number of hydrogen-bond donors (Lipinski definition) is 0. The highest BCUT2D eigenvalue weighted by atomic mass is 32.1. The van der Waals surface area contributed by atoms with Gasteiger partial charge in [0.15, 0.2) is 0 Å². The Morgan fingerprint density at radius 1 is 1.26 bits per heavy atom. The first-order valence-electron chi connectivity index (χ1n) is 7.24. The largest absolute Gasteiger partial charge is 0.464 e. The fraction of sp³-hybridized carbons (Fsp3) is 0.235. The van der Waals surface area contributed by atoms with Gasteiger partial charge in [0.2, 0.25) is 0 Å². The van der Waals surface area contributed by atoms with E-state index in [1.807, 2.05) is 44.2 Å². The molecule has 3 heterocycles. The molecule has 0 spiro atoms. The number of carbonyl (C=O) groups is 1. The van der Waals surface area contributed by atoms with E-state index < -0.39 is 0 Å². The van der Waals surface area contributed by atoms with Crippen LogP contribution in [0.4, 0.5) is 0 Å². The standard InChI is InChI=1S/C17H17N3O2S/c1-11-7-8-13(22-11)10-20(3)17(21)15-12(2)19-16(23-15)14-6-4-5-9-18-14/h4-9H,10H2,1-3H3. The molecule has 0 aliphatic carbocycles. The van der Waals surface area contributed by atoms with E-state index in [0.717, 1.165) is 27.9 Å². The SMILES string of the molecule is Cc1ccc(CN(C)C(=O)c2sc(-c3ccccn3)nc2C)o1. The van der Waals surface area contributed by atoms with Crippen molar-refractivity contribution in [1.29, 1.82) is 0 Å². The third-order valence-corrected chi connectivity index (χ3v) is 4.58. The Morgan fingerprint density at radius 2 is 2.09 bits per heavy atom. The van der Waals surface area contributed by atoms with Gasteiger partial charge >= 0.3 is 0 Å². The second-order valence-corrected chi connectivity index (χ2v) is 6.32. The van der Waals surface area contributed by atoms with Crippen molar-refractivity contribution in [2.75, 3.05) is 7.05 Å². The zero-order valence-electron chi connectivity index (χ0n) is 13.2. The first kappa shape index (κ1) is 15.4. The van der Waals surface area contributed by atoms with E-state index in [1.165, 1.54) is 11.3 Å². The molecule has 3 rings (SSSR count). The summed E-state index contributed by atoms with van der Waals surface area (Å²) in [5.41, 5.74) is 1.51. The summed E-state index contributed by atoms with van der Waals surface area (Å²) in [4.78, 5) is 23.7. The van der Waals surface area contributed by atoms with Gasteiger partial charge in [-0.1, -0.05) is 6.07 Å². The number of nitrogens with zero attached hydrogens (tertiary/aromatic N) is 3. The molecule has 118 valence electrons. The van der Waals surface area contributed by atoms with Crippen LogP contribution in [0.25, 0.3) is 10.7 Å². The number of hydrogen-bond acceptors (Lipinski definition) is 5. The maximum Gasteiger partial charge on any atom is 0.266 e. The van der Waals surface area contributed by atoms with Gasteiger partial charge in [0, 0.05) is 13.2 Å². The van der Waals surface area contributed by atoms with Gasteiger partial charge in [-0.25, -0.2) is 4.98 Å². The van der Waals surface area contributed by atoms with Gasteiger partial charge in [-0.2, -0.15) is 0 Å². The molecule has 3 aromatic rings. The van der Waals surface area contributed by atoms with Crippen molar-refractivity contribution in [2.24, 2.45) is 0 Å². The van der Waals surface area contributed by atoms with Crippen LogP contribution in [-0.2, 0) is 6.54 Å². The van der Waals surface area contributed by atoms with Crippen molar-refractivity contribution < 1.29 is 9.21 Å². The lowest BCUT2D eigenvalue weighted by Crippen LogP contribution is -2.25. The van der Waals surface area contributed by atoms with Crippen LogP contribution in [0, 0.1) is 13.8 Å². The molecular weight excluding hydrogens is 310 g/mol. The van der Waals surface area contributed by atoms with Gasteiger partial charge in [0.1, 0.15) is 21.4 Å². The number of carbonyl (C=O) groups excluding carboxylic acids is 1. The fourth-order valence-corrected chi connectivity index (χ4v) is 3.28. The van der Waals surface area contributed by atoms with Crippen molar-refractivity contribution in [3.8, 4) is 10.7 Å². The molecule has 0 saturated heterocycles. The van der Waals surface area contributed by atoms with Gasteiger partial charge < -0.3 is 9.32 Å². The highest BCUT2D eigenvalue weighted by Gasteiger charge is 2.20. The van der Waals surface area contributed by atoms with Gasteiger partial charge in [0.25, 0.3) is 5.91 Å². The van der Waals surface area contributed by atoms with Crippen LogP contribution < -0.4 is 0 Å². The number of pyridine rings is 1. The van der Waals surface area contributed by atoms with Crippen LogP contribution in [0.5, 0.6) is 0 Å². The summed E-state index contributed by atoms with van der Waals surface area (Å²) >= 11 is 1.37. The Bertz CT molecular complexity index is 823. The second kappa shape index (κ2) is 6.34. The molecule has 0 saturated carbocycles. The van der Waals surface area contributed by atoms with Crippen molar-refractivity contribution in [3.63, 3.8) is 0 Å². The van der Waals surface area contributed by atoms with Crippen LogP contribution in [0.3, 0.4) is 0 Å². The number of furan rings is 1. The highest BCUT2D eigenvalue weighted by molar-refractivity contribution is 7.17. The molecule has 0 aliphatic rings. The first-order valence-corrected chi connectivity index (χ1v) is 8.06. The Balaban J connectivity index is 1.81. The summed E-state index contributed by atoms with van der Waals surface area (Å²) < 4.78 is 5.53. The maximum absolute atomic E-state index is 12.7. The molecule has 5 nitrogen and oxygen atoms in total. The van der Waals surface area contributed by atoms with Crippen LogP contribution >= 0.6 is 11.3 Å². The normalized spacial score (nSPS) is 10.7. The van der Waals surface area contributed by atoms with Crippen LogP contribution in [0.15, 0.2) is 40.9 Å². The predicted octanol–water partition coefficient (Wildman–Crippen LogP) is 3.69. The number of amides is 1. The minimum atomic E-state index is -0.0590. The molecule has 23 heavy (non-hydrogen) atoms. The molecule has 1 amide bonds. The topological polar surface area (TPSA) is 59.2 Å². The quantitative estimate of drug-likeness (QED) is 0.733. The summed E-state index contributed by atoms with van der Waals surface area (Å²) in [6, 6.07) is 9.44. The lowest BCUT2D eigenvalue weighted by molar-refractivity contribution is 0.0779. The molecule has 0 unspecified atom stereocenters. The average molecular weight is 327 g/mol. The average Bonchev–Trinajstić information content (AvgIpc) is 3.13. The van der Waals surface area contributed by atoms with E-state index in [0.29, 0.717) is 11.4 Å². The summed E-state index contributed by atoms with van der Waals surface area (Å²) in [7, 11) is 1.76. The van der Waals surface area contributed by atoms with Gasteiger partial charge in [-0.3, -0.25) is 9.78 Å². The summed E-state index contributed by atoms with van der Waals surface area (Å²) in [5, 5.41) is 0.758. The van der Waals surface area contributed by atoms with Crippen molar-refractivity contribution in [3.05, 3.63) is 58.6 Å².